The second-order valence-electron chi connectivity index (χ2n) is 7.96. The molecule has 0 saturated carbocycles. The number of aliphatic imine (C=N–C) groups is 1. The van der Waals surface area contributed by atoms with Crippen molar-refractivity contribution in [3.63, 3.8) is 0 Å². The van der Waals surface area contributed by atoms with Gasteiger partial charge in [0.05, 0.1) is 11.3 Å². The molecule has 1 fully saturated rings. The second-order valence-corrected chi connectivity index (χ2v) is 7.96. The van der Waals surface area contributed by atoms with Gasteiger partial charge < -0.3 is 10.8 Å². The topological polar surface area (TPSA) is 86.6 Å². The second kappa shape index (κ2) is 11.2. The number of rotatable bonds is 4. The molecular weight excluding hydrogens is 395 g/mol. The minimum absolute atomic E-state index is 0.0695. The van der Waals surface area contributed by atoms with E-state index in [-0.39, 0.29) is 17.9 Å². The van der Waals surface area contributed by atoms with Gasteiger partial charge in [0.25, 0.3) is 0 Å². The van der Waals surface area contributed by atoms with Gasteiger partial charge in [-0.25, -0.2) is 0 Å². The number of likely N-dealkylation sites (tertiary alicyclic amines) is 1. The highest BCUT2D eigenvalue weighted by molar-refractivity contribution is 5.72. The van der Waals surface area contributed by atoms with Crippen molar-refractivity contribution in [3.05, 3.63) is 35.0 Å². The molecule has 3 N–H and O–H groups in total. The lowest BCUT2D eigenvalue weighted by Gasteiger charge is -2.38. The van der Waals surface area contributed by atoms with Crippen molar-refractivity contribution in [2.75, 3.05) is 19.8 Å². The van der Waals surface area contributed by atoms with Crippen molar-refractivity contribution in [2.45, 2.75) is 58.7 Å². The van der Waals surface area contributed by atoms with Crippen LogP contribution in [0.5, 0.6) is 5.75 Å². The Morgan fingerprint density at radius 1 is 1.17 bits per heavy atom. The lowest BCUT2D eigenvalue weighted by molar-refractivity contribution is -0.137. The van der Waals surface area contributed by atoms with Crippen LogP contribution in [0.25, 0.3) is 5.70 Å². The molecule has 0 spiro atoms. The van der Waals surface area contributed by atoms with Crippen LogP contribution in [0.15, 0.2) is 39.1 Å². The van der Waals surface area contributed by atoms with Crippen molar-refractivity contribution in [1.29, 1.82) is 0 Å². The number of phenols is 1. The van der Waals surface area contributed by atoms with Crippen LogP contribution in [-0.2, 0) is 6.18 Å². The number of hydrogen-bond donors (Lipinski definition) is 2. The molecule has 0 radical (unpaired) electrons. The third-order valence-electron chi connectivity index (χ3n) is 4.72. The summed E-state index contributed by atoms with van der Waals surface area (Å²) in [7, 11) is 0. The van der Waals surface area contributed by atoms with E-state index in [0.29, 0.717) is 17.3 Å². The molecule has 9 heteroatoms. The number of benzene rings is 1. The normalized spacial score (nSPS) is 16.7. The number of phenolic OH excluding ortho intramolecular Hbond substituents is 1. The molecule has 30 heavy (non-hydrogen) atoms. The average molecular weight is 428 g/mol. The van der Waals surface area contributed by atoms with Crippen LogP contribution >= 0.6 is 0 Å². The maximum atomic E-state index is 12.5. The van der Waals surface area contributed by atoms with Crippen LogP contribution in [-0.4, -0.2) is 42.0 Å². The van der Waals surface area contributed by atoms with Gasteiger partial charge in [-0.05, 0) is 78.5 Å². The molecule has 0 aliphatic carbocycles. The van der Waals surface area contributed by atoms with E-state index in [9.17, 15) is 18.3 Å². The van der Waals surface area contributed by atoms with Gasteiger partial charge >= 0.3 is 6.18 Å². The largest absolute Gasteiger partial charge is 0.507 e. The van der Waals surface area contributed by atoms with E-state index in [1.165, 1.54) is 39.3 Å². The Balaban J connectivity index is 0.000000375. The maximum absolute atomic E-state index is 12.5. The minimum Gasteiger partial charge on any atom is -0.507 e. The molecule has 0 amide bonds. The summed E-state index contributed by atoms with van der Waals surface area (Å²) < 4.78 is 37.6. The van der Waals surface area contributed by atoms with Crippen molar-refractivity contribution in [1.82, 2.24) is 4.90 Å². The molecular formula is C21H32F3N5O. The van der Waals surface area contributed by atoms with Gasteiger partial charge in [0.2, 0.25) is 0 Å². The Bertz CT molecular complexity index is 761. The lowest BCUT2D eigenvalue weighted by Crippen LogP contribution is -2.44. The first kappa shape index (κ1) is 25.8. The molecule has 1 saturated heterocycles. The Morgan fingerprint density at radius 3 is 2.17 bits per heavy atom. The van der Waals surface area contributed by atoms with Crippen LogP contribution < -0.4 is 5.73 Å². The molecule has 168 valence electrons. The Morgan fingerprint density at radius 2 is 1.77 bits per heavy atom. The predicted molar refractivity (Wildman–Crippen MR) is 114 cm³/mol. The summed E-state index contributed by atoms with van der Waals surface area (Å²) in [5, 5.41) is 17.0. The molecule has 0 unspecified atom stereocenters. The summed E-state index contributed by atoms with van der Waals surface area (Å²) in [4.78, 5) is 6.21. The van der Waals surface area contributed by atoms with Crippen LogP contribution in [0, 0.1) is 0 Å². The zero-order chi connectivity index (χ0) is 22.9. The third-order valence-corrected chi connectivity index (χ3v) is 4.72. The van der Waals surface area contributed by atoms with E-state index >= 15 is 0 Å². The summed E-state index contributed by atoms with van der Waals surface area (Å²) in [6.07, 6.45) is -0.300. The van der Waals surface area contributed by atoms with E-state index < -0.39 is 17.5 Å². The molecule has 2 rings (SSSR count). The third kappa shape index (κ3) is 7.87. The van der Waals surface area contributed by atoms with Gasteiger partial charge in [-0.2, -0.15) is 23.4 Å². The fraction of sp³-hybridized carbons (Fsp3) is 0.571. The zero-order valence-corrected chi connectivity index (χ0v) is 18.1. The minimum atomic E-state index is -4.54. The number of nitrogens with zero attached hydrogens (tertiary/aromatic N) is 4. The van der Waals surface area contributed by atoms with E-state index in [1.807, 2.05) is 0 Å². The van der Waals surface area contributed by atoms with Crippen molar-refractivity contribution >= 4 is 12.4 Å². The van der Waals surface area contributed by atoms with E-state index in [1.54, 1.807) is 0 Å². The lowest BCUT2D eigenvalue weighted by atomic mass is 10.0. The summed E-state index contributed by atoms with van der Waals surface area (Å²) in [5.74, 6) is -0.575. The number of aromatic hydroxyl groups is 1. The number of azo groups is 1. The van der Waals surface area contributed by atoms with Crippen LogP contribution in [0.4, 0.5) is 13.2 Å². The van der Waals surface area contributed by atoms with Crippen molar-refractivity contribution in [2.24, 2.45) is 21.0 Å². The molecule has 1 aromatic carbocycles. The van der Waals surface area contributed by atoms with Gasteiger partial charge in [-0.3, -0.25) is 9.89 Å². The number of halogens is 3. The first-order chi connectivity index (χ1) is 13.9. The molecule has 1 aromatic rings. The van der Waals surface area contributed by atoms with E-state index in [4.69, 9.17) is 5.73 Å². The first-order valence-electron chi connectivity index (χ1n) is 9.82. The quantitative estimate of drug-likeness (QED) is 0.495. The summed E-state index contributed by atoms with van der Waals surface area (Å²) in [6, 6.07) is 2.55. The zero-order valence-electron chi connectivity index (χ0n) is 18.1. The highest BCUT2D eigenvalue weighted by atomic mass is 19.4. The molecule has 1 heterocycles. The first-order valence-corrected chi connectivity index (χ1v) is 9.82. The predicted octanol–water partition coefficient (Wildman–Crippen LogP) is 5.44. The highest BCUT2D eigenvalue weighted by Gasteiger charge is 2.31. The molecule has 1 aliphatic rings. The SMILES string of the molecule is C=N/C(C)=C(\N=NCN)c1ccc(C(F)(F)F)cc1O.CC(C)(C)N1CCCCC1. The molecule has 6 nitrogen and oxygen atoms in total. The number of nitrogens with two attached hydrogens (primary N) is 1. The fourth-order valence-corrected chi connectivity index (χ4v) is 2.98. The van der Waals surface area contributed by atoms with Crippen LogP contribution in [0.1, 0.15) is 58.1 Å². The molecule has 0 aromatic heterocycles. The smallest absolute Gasteiger partial charge is 0.416 e. The Hall–Kier alpha value is -2.26. The van der Waals surface area contributed by atoms with Crippen LogP contribution in [0.3, 0.4) is 0 Å². The van der Waals surface area contributed by atoms with E-state index in [0.717, 1.165) is 12.1 Å². The monoisotopic (exact) mass is 427 g/mol. The average Bonchev–Trinajstić information content (AvgIpc) is 2.68. The number of alkyl halides is 3. The molecule has 0 bridgehead atoms. The maximum Gasteiger partial charge on any atom is 0.416 e. The number of piperidine rings is 1. The Kier molecular flexibility index (Phi) is 9.64. The standard InChI is InChI=1S/C12H13F3N4O.C9H19N/c1-7(17-2)11(19-18-6-16)9-4-3-8(5-10(9)20)12(13,14)15;1-9(2,3)10-7-5-4-6-8-10/h3-5,20H,2,6,16H2,1H3;4-8H2,1-3H3/b11-7-,19-18?;. The summed E-state index contributed by atoms with van der Waals surface area (Å²) >= 11 is 0. The van der Waals surface area contributed by atoms with E-state index in [2.05, 4.69) is 47.6 Å². The molecule has 1 aliphatic heterocycles. The Labute approximate surface area is 176 Å². The van der Waals surface area contributed by atoms with Crippen LogP contribution in [0.2, 0.25) is 0 Å². The number of allylic oxidation sites excluding steroid dienone is 1. The van der Waals surface area contributed by atoms with Gasteiger partial charge in [0.1, 0.15) is 18.1 Å². The van der Waals surface area contributed by atoms with Gasteiger partial charge in [-0.15, -0.1) is 0 Å². The van der Waals surface area contributed by atoms with Crippen molar-refractivity contribution < 1.29 is 18.3 Å². The highest BCUT2D eigenvalue weighted by Crippen LogP contribution is 2.36. The summed E-state index contributed by atoms with van der Waals surface area (Å²) in [5.41, 5.74) is 5.10. The van der Waals surface area contributed by atoms with Crippen molar-refractivity contribution in [3.8, 4) is 5.75 Å². The molecule has 0 atom stereocenters. The van der Waals surface area contributed by atoms with Gasteiger partial charge in [0.15, 0.2) is 0 Å². The summed E-state index contributed by atoms with van der Waals surface area (Å²) in [6.45, 7) is 14.3. The fourth-order valence-electron chi connectivity index (χ4n) is 2.98. The van der Waals surface area contributed by atoms with Gasteiger partial charge in [0, 0.05) is 11.1 Å². The van der Waals surface area contributed by atoms with Gasteiger partial charge in [-0.1, -0.05) is 6.42 Å². The number of hydrogen-bond acceptors (Lipinski definition) is 6.